The minimum Gasteiger partial charge on any atom is -0.496 e. The Morgan fingerprint density at radius 2 is 1.96 bits per heavy atom. The molecule has 3 aromatic rings. The van der Waals surface area contributed by atoms with Crippen LogP contribution in [0.25, 0.3) is 10.9 Å². The summed E-state index contributed by atoms with van der Waals surface area (Å²) in [6, 6.07) is 10.7. The molecular formula is C20H20FNO2. The van der Waals surface area contributed by atoms with Crippen molar-refractivity contribution >= 4 is 10.9 Å². The van der Waals surface area contributed by atoms with Gasteiger partial charge in [-0.3, -0.25) is 0 Å². The summed E-state index contributed by atoms with van der Waals surface area (Å²) < 4.78 is 20.9. The molecule has 1 aromatic heterocycles. The molecule has 0 fully saturated rings. The van der Waals surface area contributed by atoms with E-state index in [0.717, 1.165) is 47.2 Å². The first-order chi connectivity index (χ1) is 11.7. The van der Waals surface area contributed by atoms with Gasteiger partial charge in [-0.25, -0.2) is 4.39 Å². The van der Waals surface area contributed by atoms with Crippen LogP contribution in [0.15, 0.2) is 36.4 Å². The van der Waals surface area contributed by atoms with Crippen molar-refractivity contribution < 1.29 is 14.2 Å². The zero-order valence-corrected chi connectivity index (χ0v) is 13.7. The van der Waals surface area contributed by atoms with E-state index < -0.39 is 0 Å². The highest BCUT2D eigenvalue weighted by molar-refractivity contribution is 5.92. The van der Waals surface area contributed by atoms with Gasteiger partial charge in [0.2, 0.25) is 0 Å². The summed E-state index contributed by atoms with van der Waals surface area (Å²) in [4.78, 5) is 0. The molecular weight excluding hydrogens is 305 g/mol. The van der Waals surface area contributed by atoms with E-state index in [1.807, 2.05) is 6.07 Å². The lowest BCUT2D eigenvalue weighted by atomic mass is 10.1. The summed E-state index contributed by atoms with van der Waals surface area (Å²) in [5.74, 6) is 0.624. The molecule has 124 valence electrons. The van der Waals surface area contributed by atoms with Crippen molar-refractivity contribution in [3.8, 4) is 5.75 Å². The van der Waals surface area contributed by atoms with Crippen LogP contribution in [0.1, 0.15) is 28.8 Å². The lowest BCUT2D eigenvalue weighted by molar-refractivity contribution is 0.272. The van der Waals surface area contributed by atoms with E-state index in [9.17, 15) is 9.50 Å². The number of aliphatic hydroxyl groups excluding tert-OH is 1. The molecule has 0 spiro atoms. The molecule has 1 N–H and O–H groups in total. The molecule has 1 aliphatic rings. The van der Waals surface area contributed by atoms with Crippen molar-refractivity contribution in [2.75, 3.05) is 7.11 Å². The van der Waals surface area contributed by atoms with Crippen LogP contribution in [0, 0.1) is 5.82 Å². The number of nitrogens with zero attached hydrogens (tertiary/aromatic N) is 1. The second-order valence-electron chi connectivity index (χ2n) is 6.34. The fourth-order valence-corrected chi connectivity index (χ4v) is 3.80. The fraction of sp³-hybridized carbons (Fsp3) is 0.300. The van der Waals surface area contributed by atoms with Crippen LogP contribution in [0.5, 0.6) is 5.75 Å². The number of rotatable bonds is 4. The first-order valence-electron chi connectivity index (χ1n) is 8.27. The number of halogens is 1. The molecule has 0 amide bonds. The maximum absolute atomic E-state index is 13.2. The Labute approximate surface area is 140 Å². The van der Waals surface area contributed by atoms with Gasteiger partial charge < -0.3 is 14.4 Å². The van der Waals surface area contributed by atoms with Gasteiger partial charge >= 0.3 is 0 Å². The molecule has 0 saturated heterocycles. The standard InChI is InChI=1S/C20H20FNO2/c1-24-19-9-14-3-2-4-17(14)20-18(19)10-16(12-23)22(20)11-13-5-7-15(21)8-6-13/h5-10,23H,2-4,11-12H2,1H3. The van der Waals surface area contributed by atoms with Crippen molar-refractivity contribution in [3.05, 3.63) is 64.6 Å². The van der Waals surface area contributed by atoms with Gasteiger partial charge in [0, 0.05) is 17.6 Å². The molecule has 4 heteroatoms. The topological polar surface area (TPSA) is 34.4 Å². The molecule has 0 aliphatic heterocycles. The van der Waals surface area contributed by atoms with E-state index in [2.05, 4.69) is 10.6 Å². The monoisotopic (exact) mass is 325 g/mol. The highest BCUT2D eigenvalue weighted by atomic mass is 19.1. The van der Waals surface area contributed by atoms with Crippen LogP contribution < -0.4 is 4.74 Å². The maximum Gasteiger partial charge on any atom is 0.128 e. The molecule has 0 atom stereocenters. The van der Waals surface area contributed by atoms with Crippen LogP contribution >= 0.6 is 0 Å². The second-order valence-corrected chi connectivity index (χ2v) is 6.34. The quantitative estimate of drug-likeness (QED) is 0.791. The summed E-state index contributed by atoms with van der Waals surface area (Å²) in [6.45, 7) is 0.576. The third-order valence-electron chi connectivity index (χ3n) is 4.94. The molecule has 0 bridgehead atoms. The third kappa shape index (κ3) is 2.38. The van der Waals surface area contributed by atoms with Gasteiger partial charge in [-0.1, -0.05) is 12.1 Å². The minimum absolute atomic E-state index is 0.0339. The number of hydrogen-bond donors (Lipinski definition) is 1. The first kappa shape index (κ1) is 15.2. The summed E-state index contributed by atoms with van der Waals surface area (Å²) in [5.41, 5.74) is 5.70. The van der Waals surface area contributed by atoms with Gasteiger partial charge in [0.05, 0.1) is 19.2 Å². The molecule has 3 nitrogen and oxygen atoms in total. The Kier molecular flexibility index (Phi) is 3.77. The lowest BCUT2D eigenvalue weighted by Crippen LogP contribution is -2.06. The molecule has 0 unspecified atom stereocenters. The maximum atomic E-state index is 13.2. The van der Waals surface area contributed by atoms with Crippen LogP contribution in [-0.2, 0) is 26.0 Å². The first-order valence-corrected chi connectivity index (χ1v) is 8.27. The number of methoxy groups -OCH3 is 1. The van der Waals surface area contributed by atoms with Crippen LogP contribution in [0.4, 0.5) is 4.39 Å². The summed E-state index contributed by atoms with van der Waals surface area (Å²) in [5, 5.41) is 10.9. The van der Waals surface area contributed by atoms with Crippen LogP contribution in [0.2, 0.25) is 0 Å². The summed E-state index contributed by atoms with van der Waals surface area (Å²) in [6.07, 6.45) is 3.26. The molecule has 1 heterocycles. The number of benzene rings is 2. The SMILES string of the molecule is COc1cc2c(c3c1cc(CO)n3Cc1ccc(F)cc1)CCC2. The zero-order valence-electron chi connectivity index (χ0n) is 13.7. The number of aryl methyl sites for hydroxylation is 2. The normalized spacial score (nSPS) is 13.5. The summed E-state index contributed by atoms with van der Waals surface area (Å²) in [7, 11) is 1.69. The Morgan fingerprint density at radius 1 is 1.17 bits per heavy atom. The Bertz CT molecular complexity index is 896. The molecule has 1 aliphatic carbocycles. The minimum atomic E-state index is -0.235. The Balaban J connectivity index is 1.93. The van der Waals surface area contributed by atoms with E-state index in [1.165, 1.54) is 23.3 Å². The van der Waals surface area contributed by atoms with E-state index in [4.69, 9.17) is 4.74 Å². The molecule has 0 radical (unpaired) electrons. The van der Waals surface area contributed by atoms with Crippen LogP contribution in [0.3, 0.4) is 0 Å². The number of fused-ring (bicyclic) bond motifs is 3. The highest BCUT2D eigenvalue weighted by Crippen LogP contribution is 2.38. The average Bonchev–Trinajstić information content (AvgIpc) is 3.20. The zero-order chi connectivity index (χ0) is 16.7. The fourth-order valence-electron chi connectivity index (χ4n) is 3.80. The van der Waals surface area contributed by atoms with E-state index in [-0.39, 0.29) is 12.4 Å². The largest absolute Gasteiger partial charge is 0.496 e. The number of hydrogen-bond acceptors (Lipinski definition) is 2. The van der Waals surface area contributed by atoms with E-state index in [0.29, 0.717) is 6.54 Å². The van der Waals surface area contributed by atoms with Crippen molar-refractivity contribution in [2.45, 2.75) is 32.4 Å². The van der Waals surface area contributed by atoms with Gasteiger partial charge in [-0.2, -0.15) is 0 Å². The number of ether oxygens (including phenoxy) is 1. The molecule has 24 heavy (non-hydrogen) atoms. The Morgan fingerprint density at radius 3 is 2.67 bits per heavy atom. The molecule has 2 aromatic carbocycles. The smallest absolute Gasteiger partial charge is 0.128 e. The van der Waals surface area contributed by atoms with Gasteiger partial charge in [0.1, 0.15) is 11.6 Å². The van der Waals surface area contributed by atoms with E-state index in [1.54, 1.807) is 19.2 Å². The van der Waals surface area contributed by atoms with Gasteiger partial charge in [-0.15, -0.1) is 0 Å². The molecule has 0 saturated carbocycles. The van der Waals surface area contributed by atoms with Gasteiger partial charge in [-0.05, 0) is 60.2 Å². The third-order valence-corrected chi connectivity index (χ3v) is 4.94. The van der Waals surface area contributed by atoms with Crippen molar-refractivity contribution in [1.82, 2.24) is 4.57 Å². The Hall–Kier alpha value is -2.33. The van der Waals surface area contributed by atoms with Gasteiger partial charge in [0.15, 0.2) is 0 Å². The van der Waals surface area contributed by atoms with E-state index >= 15 is 0 Å². The number of aromatic nitrogens is 1. The van der Waals surface area contributed by atoms with Gasteiger partial charge in [0.25, 0.3) is 0 Å². The van der Waals surface area contributed by atoms with Crippen molar-refractivity contribution in [2.24, 2.45) is 0 Å². The molecule has 4 rings (SSSR count). The second kappa shape index (κ2) is 5.95. The van der Waals surface area contributed by atoms with Crippen molar-refractivity contribution in [3.63, 3.8) is 0 Å². The predicted molar refractivity (Wildman–Crippen MR) is 91.9 cm³/mol. The average molecular weight is 325 g/mol. The predicted octanol–water partition coefficient (Wildman–Crippen LogP) is 3.82. The number of aliphatic hydroxyl groups is 1. The lowest BCUT2D eigenvalue weighted by Gasteiger charge is -2.14. The summed E-state index contributed by atoms with van der Waals surface area (Å²) >= 11 is 0. The van der Waals surface area contributed by atoms with Crippen LogP contribution in [-0.4, -0.2) is 16.8 Å². The highest BCUT2D eigenvalue weighted by Gasteiger charge is 2.22. The van der Waals surface area contributed by atoms with Crippen molar-refractivity contribution in [1.29, 1.82) is 0 Å².